The number of hydrogen-bond acceptors (Lipinski definition) is 4. The van der Waals surface area contributed by atoms with Crippen molar-refractivity contribution < 1.29 is 4.74 Å². The highest BCUT2D eigenvalue weighted by Gasteiger charge is 2.09. The molecule has 0 radical (unpaired) electrons. The monoisotopic (exact) mass is 307 g/mol. The highest BCUT2D eigenvalue weighted by molar-refractivity contribution is 5.89. The average molecular weight is 307 g/mol. The molecule has 23 heavy (non-hydrogen) atoms. The lowest BCUT2D eigenvalue weighted by Crippen LogP contribution is -2.06. The summed E-state index contributed by atoms with van der Waals surface area (Å²) in [4.78, 5) is 9.35. The number of nitrogens with one attached hydrogen (secondary N) is 1. The molecule has 0 bridgehead atoms. The van der Waals surface area contributed by atoms with Gasteiger partial charge in [0.15, 0.2) is 0 Å². The van der Waals surface area contributed by atoms with E-state index in [2.05, 4.69) is 42.3 Å². The van der Waals surface area contributed by atoms with Gasteiger partial charge in [0, 0.05) is 17.8 Å². The molecule has 3 aromatic rings. The molecule has 118 valence electrons. The molecule has 4 heteroatoms. The first-order valence-corrected chi connectivity index (χ1v) is 7.81. The molecule has 3 rings (SSSR count). The van der Waals surface area contributed by atoms with Gasteiger partial charge in [-0.05, 0) is 29.8 Å². The molecule has 0 aliphatic carbocycles. The fourth-order valence-corrected chi connectivity index (χ4v) is 2.42. The topological polar surface area (TPSA) is 47.0 Å². The Morgan fingerprint density at radius 3 is 2.43 bits per heavy atom. The smallest absolute Gasteiger partial charge is 0.137 e. The number of methoxy groups -OCH3 is 1. The van der Waals surface area contributed by atoms with Crippen LogP contribution in [0.5, 0.6) is 5.75 Å². The number of aromatic nitrogens is 2. The van der Waals surface area contributed by atoms with Crippen molar-refractivity contribution in [1.82, 2.24) is 9.97 Å². The molecule has 0 spiro atoms. The average Bonchev–Trinajstić information content (AvgIpc) is 2.59. The van der Waals surface area contributed by atoms with Crippen LogP contribution in [-0.2, 0) is 6.54 Å². The number of nitrogens with zero attached hydrogens (tertiary/aromatic N) is 2. The first kappa shape index (κ1) is 15.3. The van der Waals surface area contributed by atoms with E-state index in [9.17, 15) is 0 Å². The first-order chi connectivity index (χ1) is 11.2. The van der Waals surface area contributed by atoms with Gasteiger partial charge in [0.1, 0.15) is 17.4 Å². The van der Waals surface area contributed by atoms with Crippen molar-refractivity contribution >= 4 is 16.7 Å². The number of ether oxygens (including phenoxy) is 1. The van der Waals surface area contributed by atoms with Crippen LogP contribution in [0.1, 0.15) is 31.2 Å². The first-order valence-electron chi connectivity index (χ1n) is 7.81. The molecule has 1 aromatic heterocycles. The Morgan fingerprint density at radius 1 is 1.00 bits per heavy atom. The van der Waals surface area contributed by atoms with Crippen molar-refractivity contribution in [1.29, 1.82) is 0 Å². The summed E-state index contributed by atoms with van der Waals surface area (Å²) in [5.41, 5.74) is 2.16. The van der Waals surface area contributed by atoms with Gasteiger partial charge in [-0.1, -0.05) is 38.1 Å². The van der Waals surface area contributed by atoms with E-state index >= 15 is 0 Å². The van der Waals surface area contributed by atoms with Gasteiger partial charge in [0.05, 0.1) is 12.6 Å². The lowest BCUT2D eigenvalue weighted by molar-refractivity contribution is 0.414. The molecule has 2 aromatic carbocycles. The molecule has 0 saturated heterocycles. The second kappa shape index (κ2) is 6.65. The van der Waals surface area contributed by atoms with Crippen LogP contribution in [0.4, 0.5) is 5.82 Å². The maximum atomic E-state index is 5.19. The Labute approximate surface area is 136 Å². The summed E-state index contributed by atoms with van der Waals surface area (Å²) in [6.07, 6.45) is 0. The van der Waals surface area contributed by atoms with E-state index in [0.29, 0.717) is 12.5 Å². The zero-order valence-corrected chi connectivity index (χ0v) is 13.7. The minimum absolute atomic E-state index is 0.293. The molecule has 0 aliphatic rings. The maximum Gasteiger partial charge on any atom is 0.137 e. The van der Waals surface area contributed by atoms with Crippen LogP contribution in [0.15, 0.2) is 48.5 Å². The van der Waals surface area contributed by atoms with Crippen molar-refractivity contribution in [2.24, 2.45) is 0 Å². The second-order valence-electron chi connectivity index (χ2n) is 5.80. The molecule has 0 aliphatic heterocycles. The third-order valence-corrected chi connectivity index (χ3v) is 3.76. The van der Waals surface area contributed by atoms with Crippen LogP contribution in [0, 0.1) is 0 Å². The van der Waals surface area contributed by atoms with Crippen LogP contribution < -0.4 is 10.1 Å². The van der Waals surface area contributed by atoms with E-state index in [0.717, 1.165) is 28.3 Å². The molecule has 1 heterocycles. The summed E-state index contributed by atoms with van der Waals surface area (Å²) in [6, 6.07) is 16.1. The molecule has 0 atom stereocenters. The summed E-state index contributed by atoms with van der Waals surface area (Å²) in [6.45, 7) is 4.93. The Hall–Kier alpha value is -2.62. The highest BCUT2D eigenvalue weighted by atomic mass is 16.5. The standard InChI is InChI=1S/C19H21N3O/c1-13(2)18-21-17-7-5-4-6-16(17)19(22-18)20-12-14-8-10-15(23-3)11-9-14/h4-11,13H,12H2,1-3H3,(H,20,21,22). The number of rotatable bonds is 5. The molecule has 0 fully saturated rings. The fraction of sp³-hybridized carbons (Fsp3) is 0.263. The summed E-state index contributed by atoms with van der Waals surface area (Å²) >= 11 is 0. The highest BCUT2D eigenvalue weighted by Crippen LogP contribution is 2.23. The molecule has 0 unspecified atom stereocenters. The van der Waals surface area contributed by atoms with Gasteiger partial charge in [-0.3, -0.25) is 0 Å². The zero-order valence-electron chi connectivity index (χ0n) is 13.7. The van der Waals surface area contributed by atoms with Crippen LogP contribution >= 0.6 is 0 Å². The van der Waals surface area contributed by atoms with Crippen LogP contribution in [0.25, 0.3) is 10.9 Å². The minimum Gasteiger partial charge on any atom is -0.497 e. The normalized spacial score (nSPS) is 11.0. The van der Waals surface area contributed by atoms with E-state index < -0.39 is 0 Å². The van der Waals surface area contributed by atoms with Crippen LogP contribution in [-0.4, -0.2) is 17.1 Å². The fourth-order valence-electron chi connectivity index (χ4n) is 2.42. The summed E-state index contributed by atoms with van der Waals surface area (Å²) < 4.78 is 5.19. The van der Waals surface area contributed by atoms with Crippen LogP contribution in [0.2, 0.25) is 0 Å². The zero-order chi connectivity index (χ0) is 16.2. The number of benzene rings is 2. The Morgan fingerprint density at radius 2 is 1.74 bits per heavy atom. The Kier molecular flexibility index (Phi) is 4.42. The van der Waals surface area contributed by atoms with E-state index in [-0.39, 0.29) is 0 Å². The molecule has 0 amide bonds. The van der Waals surface area contributed by atoms with Gasteiger partial charge in [-0.2, -0.15) is 0 Å². The van der Waals surface area contributed by atoms with Crippen molar-refractivity contribution in [2.75, 3.05) is 12.4 Å². The summed E-state index contributed by atoms with van der Waals surface area (Å²) in [5.74, 6) is 2.90. The third kappa shape index (κ3) is 3.42. The van der Waals surface area contributed by atoms with E-state index in [4.69, 9.17) is 9.72 Å². The third-order valence-electron chi connectivity index (χ3n) is 3.76. The Bertz CT molecular complexity index is 797. The van der Waals surface area contributed by atoms with Gasteiger partial charge < -0.3 is 10.1 Å². The maximum absolute atomic E-state index is 5.19. The van der Waals surface area contributed by atoms with Crippen molar-refractivity contribution in [3.63, 3.8) is 0 Å². The molecule has 4 nitrogen and oxygen atoms in total. The SMILES string of the molecule is COc1ccc(CNc2nc(C(C)C)nc3ccccc23)cc1. The molecule has 0 saturated carbocycles. The van der Waals surface area contributed by atoms with Gasteiger partial charge >= 0.3 is 0 Å². The van der Waals surface area contributed by atoms with Gasteiger partial charge in [0.25, 0.3) is 0 Å². The van der Waals surface area contributed by atoms with E-state index in [1.165, 1.54) is 5.56 Å². The molecular weight excluding hydrogens is 286 g/mol. The van der Waals surface area contributed by atoms with E-state index in [1.807, 2.05) is 30.3 Å². The summed E-state index contributed by atoms with van der Waals surface area (Å²) in [7, 11) is 1.67. The predicted molar refractivity (Wildman–Crippen MR) is 93.9 cm³/mol. The van der Waals surface area contributed by atoms with Crippen molar-refractivity contribution in [2.45, 2.75) is 26.3 Å². The number of hydrogen-bond donors (Lipinski definition) is 1. The van der Waals surface area contributed by atoms with Crippen molar-refractivity contribution in [3.05, 3.63) is 59.9 Å². The predicted octanol–water partition coefficient (Wildman–Crippen LogP) is 4.37. The Balaban J connectivity index is 1.88. The van der Waals surface area contributed by atoms with Crippen molar-refractivity contribution in [3.8, 4) is 5.75 Å². The number of fused-ring (bicyclic) bond motifs is 1. The van der Waals surface area contributed by atoms with Crippen LogP contribution in [0.3, 0.4) is 0 Å². The number of anilines is 1. The number of para-hydroxylation sites is 1. The lowest BCUT2D eigenvalue weighted by atomic mass is 10.1. The second-order valence-corrected chi connectivity index (χ2v) is 5.80. The minimum atomic E-state index is 0.293. The largest absolute Gasteiger partial charge is 0.497 e. The van der Waals surface area contributed by atoms with Gasteiger partial charge in [-0.15, -0.1) is 0 Å². The lowest BCUT2D eigenvalue weighted by Gasteiger charge is -2.12. The molecule has 1 N–H and O–H groups in total. The quantitative estimate of drug-likeness (QED) is 0.760. The van der Waals surface area contributed by atoms with Gasteiger partial charge in [-0.25, -0.2) is 9.97 Å². The molecular formula is C19H21N3O. The van der Waals surface area contributed by atoms with E-state index in [1.54, 1.807) is 7.11 Å². The summed E-state index contributed by atoms with van der Waals surface area (Å²) in [5, 5.41) is 4.49. The van der Waals surface area contributed by atoms with Gasteiger partial charge in [0.2, 0.25) is 0 Å².